The summed E-state index contributed by atoms with van der Waals surface area (Å²) in [6.45, 7) is 0. The maximum Gasteiger partial charge on any atom is 0.416 e. The molecule has 30 heavy (non-hydrogen) atoms. The number of rotatable bonds is 4. The van der Waals surface area contributed by atoms with Crippen molar-refractivity contribution in [2.45, 2.75) is 49.6 Å². The number of carbonyl (C=O) groups excluding carboxylic acids is 2. The third-order valence-electron chi connectivity index (χ3n) is 5.56. The van der Waals surface area contributed by atoms with Crippen LogP contribution in [0.2, 0.25) is 0 Å². The Labute approximate surface area is 170 Å². The lowest BCUT2D eigenvalue weighted by Crippen LogP contribution is -2.61. The summed E-state index contributed by atoms with van der Waals surface area (Å²) in [5.74, 6) is -0.363. The highest BCUT2D eigenvalue weighted by molar-refractivity contribution is 5.90. The Kier molecular flexibility index (Phi) is 5.19. The Morgan fingerprint density at radius 2 is 1.80 bits per heavy atom. The van der Waals surface area contributed by atoms with Crippen molar-refractivity contribution < 1.29 is 22.8 Å². The second-order valence-corrected chi connectivity index (χ2v) is 7.53. The predicted octanol–water partition coefficient (Wildman–Crippen LogP) is 2.17. The Balaban J connectivity index is 1.49. The van der Waals surface area contributed by atoms with Crippen LogP contribution in [0.1, 0.15) is 48.8 Å². The predicted molar refractivity (Wildman–Crippen MR) is 99.6 cm³/mol. The normalized spacial score (nSPS) is 23.2. The topological polar surface area (TPSA) is 96.0 Å². The van der Waals surface area contributed by atoms with Gasteiger partial charge in [-0.3, -0.25) is 14.9 Å². The van der Waals surface area contributed by atoms with E-state index in [0.29, 0.717) is 24.2 Å². The highest BCUT2D eigenvalue weighted by Crippen LogP contribution is 2.42. The molecular weight excluding hydrogens is 399 g/mol. The molecule has 3 N–H and O–H groups in total. The minimum Gasteiger partial charge on any atom is -0.345 e. The maximum atomic E-state index is 13.0. The lowest BCUT2D eigenvalue weighted by molar-refractivity contribution is -0.137. The summed E-state index contributed by atoms with van der Waals surface area (Å²) in [7, 11) is 0. The number of alkyl halides is 3. The van der Waals surface area contributed by atoms with Gasteiger partial charge in [-0.25, -0.2) is 9.97 Å². The molecule has 1 saturated heterocycles. The van der Waals surface area contributed by atoms with Crippen LogP contribution in [0, 0.1) is 0 Å². The summed E-state index contributed by atoms with van der Waals surface area (Å²) in [5.41, 5.74) is -0.836. The van der Waals surface area contributed by atoms with Gasteiger partial charge >= 0.3 is 6.18 Å². The Morgan fingerprint density at radius 1 is 1.13 bits per heavy atom. The van der Waals surface area contributed by atoms with E-state index in [4.69, 9.17) is 0 Å². The summed E-state index contributed by atoms with van der Waals surface area (Å²) < 4.78 is 38.6. The molecule has 2 atom stereocenters. The molecule has 2 fully saturated rings. The average Bonchev–Trinajstić information content (AvgIpc) is 2.70. The average molecular weight is 419 g/mol. The first-order valence-corrected chi connectivity index (χ1v) is 9.59. The van der Waals surface area contributed by atoms with Crippen molar-refractivity contribution in [1.82, 2.24) is 25.9 Å². The van der Waals surface area contributed by atoms with E-state index in [0.717, 1.165) is 18.6 Å². The number of carbonyl (C=O) groups is 2. The van der Waals surface area contributed by atoms with Crippen LogP contribution in [0.25, 0.3) is 0 Å². The van der Waals surface area contributed by atoms with E-state index in [-0.39, 0.29) is 18.2 Å². The zero-order valence-electron chi connectivity index (χ0n) is 15.9. The van der Waals surface area contributed by atoms with Crippen LogP contribution in [0.3, 0.4) is 0 Å². The molecule has 0 bridgehead atoms. The number of hydrogen-bond acceptors (Lipinski definition) is 5. The minimum absolute atomic E-state index is 0.0573. The van der Waals surface area contributed by atoms with Gasteiger partial charge in [0.2, 0.25) is 11.8 Å². The molecule has 2 aliphatic rings. The van der Waals surface area contributed by atoms with Gasteiger partial charge in [0, 0.05) is 12.4 Å². The fourth-order valence-corrected chi connectivity index (χ4v) is 3.79. The van der Waals surface area contributed by atoms with Gasteiger partial charge in [-0.1, -0.05) is 12.1 Å². The smallest absolute Gasteiger partial charge is 0.345 e. The molecule has 158 valence electrons. The Bertz CT molecular complexity index is 930. The molecule has 1 aromatic carbocycles. The molecule has 10 heteroatoms. The van der Waals surface area contributed by atoms with Crippen molar-refractivity contribution in [2.24, 2.45) is 0 Å². The lowest BCUT2D eigenvalue weighted by Gasteiger charge is -2.44. The van der Waals surface area contributed by atoms with Crippen LogP contribution in [-0.4, -0.2) is 27.8 Å². The molecule has 1 aliphatic carbocycles. The van der Waals surface area contributed by atoms with E-state index in [1.807, 2.05) is 0 Å². The van der Waals surface area contributed by atoms with Crippen molar-refractivity contribution in [3.63, 3.8) is 0 Å². The second kappa shape index (κ2) is 7.67. The van der Waals surface area contributed by atoms with Gasteiger partial charge in [0.1, 0.15) is 6.17 Å². The van der Waals surface area contributed by atoms with Gasteiger partial charge in [0.25, 0.3) is 0 Å². The third kappa shape index (κ3) is 4.00. The molecule has 2 unspecified atom stereocenters. The molecule has 1 aliphatic heterocycles. The maximum absolute atomic E-state index is 13.0. The molecule has 2 heterocycles. The van der Waals surface area contributed by atoms with Gasteiger partial charge in [0.15, 0.2) is 5.82 Å². The third-order valence-corrected chi connectivity index (χ3v) is 5.56. The van der Waals surface area contributed by atoms with Crippen LogP contribution in [0.5, 0.6) is 0 Å². The summed E-state index contributed by atoms with van der Waals surface area (Å²) >= 11 is 0. The SMILES string of the molecule is O=C1CC(C(=O)NC2(c3ccc(C(F)(F)F)cc3)CCC2)NC(c2ncccn2)N1. The van der Waals surface area contributed by atoms with E-state index in [1.54, 1.807) is 6.07 Å². The van der Waals surface area contributed by atoms with Crippen molar-refractivity contribution in [1.29, 1.82) is 0 Å². The van der Waals surface area contributed by atoms with Crippen molar-refractivity contribution in [3.05, 3.63) is 59.7 Å². The first-order chi connectivity index (χ1) is 14.3. The summed E-state index contributed by atoms with van der Waals surface area (Å²) in [6, 6.07) is 5.70. The van der Waals surface area contributed by atoms with Crippen LogP contribution in [0.15, 0.2) is 42.7 Å². The van der Waals surface area contributed by atoms with Crippen molar-refractivity contribution in [3.8, 4) is 0 Å². The monoisotopic (exact) mass is 419 g/mol. The molecule has 2 aromatic rings. The first kappa shape index (κ1) is 20.3. The highest BCUT2D eigenvalue weighted by Gasteiger charge is 2.43. The molecule has 1 aromatic heterocycles. The summed E-state index contributed by atoms with van der Waals surface area (Å²) in [5, 5.41) is 8.70. The molecule has 7 nitrogen and oxygen atoms in total. The Morgan fingerprint density at radius 3 is 2.37 bits per heavy atom. The number of benzene rings is 1. The number of hydrogen-bond donors (Lipinski definition) is 3. The number of halogens is 3. The Hall–Kier alpha value is -3.01. The van der Waals surface area contributed by atoms with E-state index in [9.17, 15) is 22.8 Å². The molecule has 1 saturated carbocycles. The fourth-order valence-electron chi connectivity index (χ4n) is 3.79. The second-order valence-electron chi connectivity index (χ2n) is 7.53. The van der Waals surface area contributed by atoms with Crippen molar-refractivity contribution in [2.75, 3.05) is 0 Å². The molecule has 0 spiro atoms. The first-order valence-electron chi connectivity index (χ1n) is 9.59. The van der Waals surface area contributed by atoms with Crippen LogP contribution in [0.4, 0.5) is 13.2 Å². The van der Waals surface area contributed by atoms with Gasteiger partial charge in [-0.2, -0.15) is 13.2 Å². The number of nitrogens with one attached hydrogen (secondary N) is 3. The molecular formula is C20H20F3N5O2. The lowest BCUT2D eigenvalue weighted by atomic mass is 9.71. The van der Waals surface area contributed by atoms with Gasteiger partial charge in [-0.05, 0) is 43.0 Å². The zero-order valence-corrected chi connectivity index (χ0v) is 15.9. The number of amides is 2. The van der Waals surface area contributed by atoms with Crippen LogP contribution >= 0.6 is 0 Å². The largest absolute Gasteiger partial charge is 0.416 e. The quantitative estimate of drug-likeness (QED) is 0.706. The number of aromatic nitrogens is 2. The molecule has 0 radical (unpaired) electrons. The summed E-state index contributed by atoms with van der Waals surface area (Å²) in [4.78, 5) is 33.3. The highest BCUT2D eigenvalue weighted by atomic mass is 19.4. The molecule has 4 rings (SSSR count). The molecule has 2 amide bonds. The van der Waals surface area contributed by atoms with Crippen LogP contribution < -0.4 is 16.0 Å². The standard InChI is InChI=1S/C20H20F3N5O2/c21-20(22,23)13-5-3-12(4-6-13)19(7-1-8-19)28-18(30)14-11-15(29)27-17(26-14)16-24-9-2-10-25-16/h2-6,9-10,14,17,26H,1,7-8,11H2,(H,27,29)(H,28,30). The van der Waals surface area contributed by atoms with Crippen LogP contribution in [-0.2, 0) is 21.3 Å². The van der Waals surface area contributed by atoms with Gasteiger partial charge in [-0.15, -0.1) is 0 Å². The van der Waals surface area contributed by atoms with Crippen molar-refractivity contribution >= 4 is 11.8 Å². The van der Waals surface area contributed by atoms with Gasteiger partial charge in [0.05, 0.1) is 23.6 Å². The van der Waals surface area contributed by atoms with E-state index < -0.39 is 29.5 Å². The van der Waals surface area contributed by atoms with Gasteiger partial charge < -0.3 is 10.6 Å². The minimum atomic E-state index is -4.41. The number of nitrogens with zero attached hydrogens (tertiary/aromatic N) is 2. The van der Waals surface area contributed by atoms with E-state index in [2.05, 4.69) is 25.9 Å². The van der Waals surface area contributed by atoms with E-state index >= 15 is 0 Å². The fraction of sp³-hybridized carbons (Fsp3) is 0.400. The summed E-state index contributed by atoms with van der Waals surface area (Å²) in [6.07, 6.45) is -0.0165. The van der Waals surface area contributed by atoms with E-state index in [1.165, 1.54) is 24.5 Å². The zero-order chi connectivity index (χ0) is 21.4.